The van der Waals surface area contributed by atoms with Gasteiger partial charge in [0.05, 0.1) is 17.7 Å². The van der Waals surface area contributed by atoms with E-state index in [-0.39, 0.29) is 12.2 Å². The van der Waals surface area contributed by atoms with Crippen LogP contribution in [-0.4, -0.2) is 35.2 Å². The van der Waals surface area contributed by atoms with Gasteiger partial charge in [0, 0.05) is 30.6 Å². The minimum Gasteiger partial charge on any atom is -0.373 e. The first-order valence-electron chi connectivity index (χ1n) is 7.04. The largest absolute Gasteiger partial charge is 0.373 e. The first-order chi connectivity index (χ1) is 9.61. The van der Waals surface area contributed by atoms with E-state index in [0.29, 0.717) is 5.15 Å². The van der Waals surface area contributed by atoms with Gasteiger partial charge in [0.25, 0.3) is 0 Å². The summed E-state index contributed by atoms with van der Waals surface area (Å²) in [6.45, 7) is 6.93. The molecule has 0 radical (unpaired) electrons. The number of aromatic nitrogens is 1. The maximum absolute atomic E-state index is 6.33. The Morgan fingerprint density at radius 1 is 1.25 bits per heavy atom. The Balaban J connectivity index is 1.85. The van der Waals surface area contributed by atoms with Crippen molar-refractivity contribution < 1.29 is 4.74 Å². The van der Waals surface area contributed by atoms with Crippen LogP contribution < -0.4 is 0 Å². The number of nitrogens with zero attached hydrogens (tertiary/aromatic N) is 2. The molecule has 4 heteroatoms. The Labute approximate surface area is 124 Å². The molecule has 0 unspecified atom stereocenters. The fourth-order valence-corrected chi connectivity index (χ4v) is 3.11. The van der Waals surface area contributed by atoms with Gasteiger partial charge < -0.3 is 4.74 Å². The summed E-state index contributed by atoms with van der Waals surface area (Å²) in [6.07, 6.45) is 0.539. The minimum absolute atomic E-state index is 0.269. The zero-order valence-electron chi connectivity index (χ0n) is 11.8. The highest BCUT2D eigenvalue weighted by atomic mass is 35.5. The number of halogens is 1. The van der Waals surface area contributed by atoms with Crippen molar-refractivity contribution in [3.05, 3.63) is 41.0 Å². The van der Waals surface area contributed by atoms with Crippen LogP contribution >= 0.6 is 11.6 Å². The lowest BCUT2D eigenvalue weighted by atomic mass is 10.1. The van der Waals surface area contributed by atoms with Gasteiger partial charge in [-0.05, 0) is 26.0 Å². The summed E-state index contributed by atoms with van der Waals surface area (Å²) in [6, 6.07) is 10.2. The molecule has 1 aliphatic rings. The molecule has 0 spiro atoms. The first-order valence-corrected chi connectivity index (χ1v) is 7.41. The van der Waals surface area contributed by atoms with Crippen LogP contribution in [0.1, 0.15) is 19.4 Å². The summed E-state index contributed by atoms with van der Waals surface area (Å²) < 4.78 is 5.76. The molecule has 0 saturated carbocycles. The van der Waals surface area contributed by atoms with E-state index in [9.17, 15) is 0 Å². The molecule has 1 aliphatic heterocycles. The molecule has 3 rings (SSSR count). The number of pyridine rings is 1. The van der Waals surface area contributed by atoms with Gasteiger partial charge in [-0.25, -0.2) is 4.98 Å². The van der Waals surface area contributed by atoms with Gasteiger partial charge in [-0.1, -0.05) is 29.8 Å². The van der Waals surface area contributed by atoms with Gasteiger partial charge >= 0.3 is 0 Å². The molecule has 0 N–H and O–H groups in total. The van der Waals surface area contributed by atoms with Crippen LogP contribution in [0.3, 0.4) is 0 Å². The van der Waals surface area contributed by atoms with Gasteiger partial charge in [0.2, 0.25) is 0 Å². The van der Waals surface area contributed by atoms with Crippen molar-refractivity contribution in [2.75, 3.05) is 13.1 Å². The van der Waals surface area contributed by atoms with Gasteiger partial charge in [0.15, 0.2) is 0 Å². The summed E-state index contributed by atoms with van der Waals surface area (Å²) in [5.41, 5.74) is 2.04. The van der Waals surface area contributed by atoms with Crippen molar-refractivity contribution in [1.82, 2.24) is 9.88 Å². The number of para-hydroxylation sites is 1. The van der Waals surface area contributed by atoms with Crippen LogP contribution in [0.4, 0.5) is 0 Å². The van der Waals surface area contributed by atoms with Gasteiger partial charge in [0.1, 0.15) is 5.15 Å². The Bertz CT molecular complexity index is 606. The number of fused-ring (bicyclic) bond motifs is 1. The molecule has 1 aromatic heterocycles. The highest BCUT2D eigenvalue weighted by molar-refractivity contribution is 6.30. The standard InChI is InChI=1S/C16H19ClN2O/c1-11-8-19(9-12(2)20-11)10-14-7-13-5-3-4-6-15(13)18-16(14)17/h3-7,11-12H,8-10H2,1-2H3/t11-,12+. The van der Waals surface area contributed by atoms with Crippen molar-refractivity contribution >= 4 is 22.5 Å². The number of ether oxygens (including phenoxy) is 1. The van der Waals surface area contributed by atoms with Crippen LogP contribution in [-0.2, 0) is 11.3 Å². The monoisotopic (exact) mass is 290 g/mol. The molecule has 2 heterocycles. The van der Waals surface area contributed by atoms with E-state index in [4.69, 9.17) is 16.3 Å². The maximum atomic E-state index is 6.33. The summed E-state index contributed by atoms with van der Waals surface area (Å²) in [7, 11) is 0. The highest BCUT2D eigenvalue weighted by Crippen LogP contribution is 2.23. The van der Waals surface area contributed by atoms with Crippen molar-refractivity contribution in [2.24, 2.45) is 0 Å². The highest BCUT2D eigenvalue weighted by Gasteiger charge is 2.22. The predicted molar refractivity (Wildman–Crippen MR) is 82.0 cm³/mol. The summed E-state index contributed by atoms with van der Waals surface area (Å²) in [5, 5.41) is 1.75. The fourth-order valence-electron chi connectivity index (χ4n) is 2.90. The third-order valence-electron chi connectivity index (χ3n) is 3.64. The van der Waals surface area contributed by atoms with E-state index in [0.717, 1.165) is 36.1 Å². The third-order valence-corrected chi connectivity index (χ3v) is 3.97. The van der Waals surface area contributed by atoms with Crippen LogP contribution in [0.25, 0.3) is 10.9 Å². The summed E-state index contributed by atoms with van der Waals surface area (Å²) in [4.78, 5) is 6.87. The molecule has 1 saturated heterocycles. The topological polar surface area (TPSA) is 25.4 Å². The number of morpholine rings is 1. The van der Waals surface area contributed by atoms with Crippen molar-refractivity contribution in [2.45, 2.75) is 32.6 Å². The van der Waals surface area contributed by atoms with E-state index in [2.05, 4.69) is 35.9 Å². The minimum atomic E-state index is 0.269. The summed E-state index contributed by atoms with van der Waals surface area (Å²) in [5.74, 6) is 0. The molecular weight excluding hydrogens is 272 g/mol. The third kappa shape index (κ3) is 2.95. The molecule has 20 heavy (non-hydrogen) atoms. The Kier molecular flexibility index (Phi) is 3.92. The summed E-state index contributed by atoms with van der Waals surface area (Å²) >= 11 is 6.33. The second-order valence-electron chi connectivity index (χ2n) is 5.58. The molecule has 1 aromatic carbocycles. The zero-order valence-corrected chi connectivity index (χ0v) is 12.6. The fraction of sp³-hybridized carbons (Fsp3) is 0.438. The second kappa shape index (κ2) is 5.68. The number of hydrogen-bond donors (Lipinski definition) is 0. The Morgan fingerprint density at radius 3 is 2.70 bits per heavy atom. The normalized spacial score (nSPS) is 24.1. The molecule has 106 valence electrons. The van der Waals surface area contributed by atoms with E-state index in [1.807, 2.05) is 18.2 Å². The second-order valence-corrected chi connectivity index (χ2v) is 5.94. The van der Waals surface area contributed by atoms with Crippen LogP contribution in [0.2, 0.25) is 5.15 Å². The first kappa shape index (κ1) is 13.8. The molecule has 0 bridgehead atoms. The Morgan fingerprint density at radius 2 is 1.95 bits per heavy atom. The number of hydrogen-bond acceptors (Lipinski definition) is 3. The van der Waals surface area contributed by atoms with Crippen molar-refractivity contribution in [1.29, 1.82) is 0 Å². The lowest BCUT2D eigenvalue weighted by molar-refractivity contribution is -0.0704. The Hall–Kier alpha value is -1.16. The van der Waals surface area contributed by atoms with Gasteiger partial charge in [-0.2, -0.15) is 0 Å². The van der Waals surface area contributed by atoms with Crippen molar-refractivity contribution in [3.63, 3.8) is 0 Å². The number of benzene rings is 1. The van der Waals surface area contributed by atoms with Crippen LogP contribution in [0.15, 0.2) is 30.3 Å². The molecule has 1 fully saturated rings. The van der Waals surface area contributed by atoms with Gasteiger partial charge in [-0.3, -0.25) is 4.90 Å². The number of rotatable bonds is 2. The zero-order chi connectivity index (χ0) is 14.1. The quantitative estimate of drug-likeness (QED) is 0.792. The molecule has 3 nitrogen and oxygen atoms in total. The van der Waals surface area contributed by atoms with E-state index < -0.39 is 0 Å². The lowest BCUT2D eigenvalue weighted by Crippen LogP contribution is -2.44. The average Bonchev–Trinajstić information content (AvgIpc) is 2.38. The van der Waals surface area contributed by atoms with E-state index in [1.165, 1.54) is 0 Å². The molecule has 0 aliphatic carbocycles. The molecule has 2 aromatic rings. The molecule has 2 atom stereocenters. The van der Waals surface area contributed by atoms with Crippen molar-refractivity contribution in [3.8, 4) is 0 Å². The maximum Gasteiger partial charge on any atom is 0.134 e. The van der Waals surface area contributed by atoms with Crippen LogP contribution in [0, 0.1) is 0 Å². The molecule has 0 amide bonds. The molecular formula is C16H19ClN2O. The lowest BCUT2D eigenvalue weighted by Gasteiger charge is -2.35. The SMILES string of the molecule is C[C@@H]1CN(Cc2cc3ccccc3nc2Cl)C[C@H](C)O1. The predicted octanol–water partition coefficient (Wildman–Crippen LogP) is 3.50. The smallest absolute Gasteiger partial charge is 0.134 e. The van der Waals surface area contributed by atoms with Crippen LogP contribution in [0.5, 0.6) is 0 Å². The van der Waals surface area contributed by atoms with E-state index >= 15 is 0 Å². The average molecular weight is 291 g/mol. The van der Waals surface area contributed by atoms with Gasteiger partial charge in [-0.15, -0.1) is 0 Å². The van der Waals surface area contributed by atoms with E-state index in [1.54, 1.807) is 0 Å².